The second kappa shape index (κ2) is 7.98. The molecule has 2 aromatic rings. The summed E-state index contributed by atoms with van der Waals surface area (Å²) in [6, 6.07) is 9.53. The van der Waals surface area contributed by atoms with Gasteiger partial charge in [-0.1, -0.05) is 24.3 Å². The molecule has 2 aromatic carbocycles. The Labute approximate surface area is 141 Å². The molecule has 1 atom stereocenters. The van der Waals surface area contributed by atoms with Gasteiger partial charge in [0, 0.05) is 6.54 Å². The summed E-state index contributed by atoms with van der Waals surface area (Å²) in [5.41, 5.74) is -0.603. The lowest BCUT2D eigenvalue weighted by Gasteiger charge is -2.14. The molecule has 0 saturated carbocycles. The number of carbonyl (C=O) groups excluding carboxylic acids is 1. The van der Waals surface area contributed by atoms with Crippen molar-refractivity contribution in [3.05, 3.63) is 65.5 Å². The molecule has 0 unspecified atom stereocenters. The Balaban J connectivity index is 1.82. The maximum atomic E-state index is 13.3. The van der Waals surface area contributed by atoms with Gasteiger partial charge in [0.1, 0.15) is 0 Å². The van der Waals surface area contributed by atoms with Crippen molar-refractivity contribution >= 4 is 5.91 Å². The highest BCUT2D eigenvalue weighted by Gasteiger charge is 2.30. The Morgan fingerprint density at radius 1 is 1.12 bits per heavy atom. The van der Waals surface area contributed by atoms with Crippen LogP contribution >= 0.6 is 0 Å². The lowest BCUT2D eigenvalue weighted by molar-refractivity contribution is -0.137. The average Bonchev–Trinajstić information content (AvgIpc) is 2.58. The molecule has 1 amide bonds. The first kappa shape index (κ1) is 18.7. The molecule has 0 spiro atoms. The van der Waals surface area contributed by atoms with Gasteiger partial charge in [-0.25, -0.2) is 4.39 Å². The highest BCUT2D eigenvalue weighted by molar-refractivity contribution is 5.77. The van der Waals surface area contributed by atoms with Crippen LogP contribution in [0.25, 0.3) is 0 Å². The van der Waals surface area contributed by atoms with E-state index in [0.29, 0.717) is 0 Å². The van der Waals surface area contributed by atoms with Crippen LogP contribution in [0.2, 0.25) is 0 Å². The summed E-state index contributed by atoms with van der Waals surface area (Å²) in [6.07, 6.45) is -5.64. The first-order chi connectivity index (χ1) is 11.8. The van der Waals surface area contributed by atoms with E-state index in [1.807, 2.05) is 0 Å². The molecule has 2 rings (SSSR count). The van der Waals surface area contributed by atoms with Crippen LogP contribution in [0.15, 0.2) is 48.5 Å². The summed E-state index contributed by atoms with van der Waals surface area (Å²) in [5.74, 6) is -1.30. The normalized spacial score (nSPS) is 12.5. The predicted octanol–water partition coefficient (Wildman–Crippen LogP) is 3.07. The molecule has 0 aliphatic carbocycles. The predicted molar refractivity (Wildman–Crippen MR) is 81.3 cm³/mol. The Hall–Kier alpha value is -2.61. The van der Waals surface area contributed by atoms with E-state index in [9.17, 15) is 27.5 Å². The molecular formula is C17H15F4NO3. The van der Waals surface area contributed by atoms with Crippen LogP contribution in [0.4, 0.5) is 17.6 Å². The fourth-order valence-corrected chi connectivity index (χ4v) is 1.98. The molecule has 0 radical (unpaired) electrons. The number of carbonyl (C=O) groups is 1. The number of alkyl halides is 3. The van der Waals surface area contributed by atoms with Crippen LogP contribution in [0.5, 0.6) is 5.75 Å². The molecule has 0 fully saturated rings. The van der Waals surface area contributed by atoms with Crippen molar-refractivity contribution in [1.29, 1.82) is 0 Å². The van der Waals surface area contributed by atoms with E-state index in [0.717, 1.165) is 24.3 Å². The van der Waals surface area contributed by atoms with E-state index in [-0.39, 0.29) is 17.9 Å². The van der Waals surface area contributed by atoms with Crippen molar-refractivity contribution in [2.24, 2.45) is 0 Å². The third-order valence-corrected chi connectivity index (χ3v) is 3.31. The van der Waals surface area contributed by atoms with E-state index < -0.39 is 36.2 Å². The largest absolute Gasteiger partial charge is 0.481 e. The van der Waals surface area contributed by atoms with Crippen LogP contribution in [0.3, 0.4) is 0 Å². The third-order valence-electron chi connectivity index (χ3n) is 3.31. The topological polar surface area (TPSA) is 58.6 Å². The van der Waals surface area contributed by atoms with Crippen LogP contribution < -0.4 is 10.1 Å². The molecule has 0 aliphatic heterocycles. The number of aliphatic hydroxyl groups excluding tert-OH is 1. The van der Waals surface area contributed by atoms with Crippen LogP contribution in [0.1, 0.15) is 17.2 Å². The number of amides is 1. The zero-order valence-electron chi connectivity index (χ0n) is 12.9. The minimum Gasteiger partial charge on any atom is -0.481 e. The summed E-state index contributed by atoms with van der Waals surface area (Å²) < 4.78 is 55.7. The highest BCUT2D eigenvalue weighted by atomic mass is 19.4. The number of halogens is 4. The summed E-state index contributed by atoms with van der Waals surface area (Å²) in [5, 5.41) is 12.3. The van der Waals surface area contributed by atoms with Gasteiger partial charge >= 0.3 is 6.18 Å². The second-order valence-electron chi connectivity index (χ2n) is 5.16. The lowest BCUT2D eigenvalue weighted by Crippen LogP contribution is -2.32. The number of hydrogen-bond donors (Lipinski definition) is 2. The van der Waals surface area contributed by atoms with Crippen LogP contribution in [0, 0.1) is 5.82 Å². The molecule has 2 N–H and O–H groups in total. The molecule has 25 heavy (non-hydrogen) atoms. The van der Waals surface area contributed by atoms with E-state index in [1.54, 1.807) is 6.07 Å². The van der Waals surface area contributed by atoms with Gasteiger partial charge in [0.05, 0.1) is 11.7 Å². The van der Waals surface area contributed by atoms with Gasteiger partial charge in [0.2, 0.25) is 0 Å². The number of nitrogens with one attached hydrogen (secondary N) is 1. The van der Waals surface area contributed by atoms with Gasteiger partial charge in [-0.05, 0) is 29.8 Å². The smallest absolute Gasteiger partial charge is 0.416 e. The van der Waals surface area contributed by atoms with Gasteiger partial charge < -0.3 is 15.2 Å². The number of para-hydroxylation sites is 1. The fourth-order valence-electron chi connectivity index (χ4n) is 1.98. The van der Waals surface area contributed by atoms with Gasteiger partial charge in [-0.3, -0.25) is 4.79 Å². The summed E-state index contributed by atoms with van der Waals surface area (Å²) >= 11 is 0. The minimum atomic E-state index is -4.46. The zero-order chi connectivity index (χ0) is 18.4. The van der Waals surface area contributed by atoms with Crippen molar-refractivity contribution < 1.29 is 32.2 Å². The summed E-state index contributed by atoms with van der Waals surface area (Å²) in [7, 11) is 0. The Morgan fingerprint density at radius 3 is 2.36 bits per heavy atom. The van der Waals surface area contributed by atoms with Gasteiger partial charge in [-0.2, -0.15) is 13.2 Å². The molecule has 0 bridgehead atoms. The zero-order valence-corrected chi connectivity index (χ0v) is 12.9. The average molecular weight is 357 g/mol. The highest BCUT2D eigenvalue weighted by Crippen LogP contribution is 2.29. The Kier molecular flexibility index (Phi) is 5.97. The molecule has 134 valence electrons. The monoisotopic (exact) mass is 357 g/mol. The Bertz CT molecular complexity index is 717. The molecule has 4 nitrogen and oxygen atoms in total. The molecule has 0 aromatic heterocycles. The third kappa shape index (κ3) is 5.46. The van der Waals surface area contributed by atoms with Gasteiger partial charge in [0.25, 0.3) is 5.91 Å². The SMILES string of the molecule is O=C(COc1ccccc1F)NC[C@H](O)c1ccc(C(F)(F)F)cc1. The first-order valence-electron chi connectivity index (χ1n) is 7.26. The van der Waals surface area contributed by atoms with Crippen molar-refractivity contribution in [2.45, 2.75) is 12.3 Å². The maximum absolute atomic E-state index is 13.3. The molecular weight excluding hydrogens is 342 g/mol. The lowest BCUT2D eigenvalue weighted by atomic mass is 10.1. The van der Waals surface area contributed by atoms with Gasteiger partial charge in [-0.15, -0.1) is 0 Å². The second-order valence-corrected chi connectivity index (χ2v) is 5.16. The van der Waals surface area contributed by atoms with Crippen LogP contribution in [-0.4, -0.2) is 24.2 Å². The number of benzene rings is 2. The van der Waals surface area contributed by atoms with Crippen molar-refractivity contribution in [1.82, 2.24) is 5.32 Å². The molecule has 8 heteroatoms. The van der Waals surface area contributed by atoms with Gasteiger partial charge in [0.15, 0.2) is 18.2 Å². The van der Waals surface area contributed by atoms with Crippen molar-refractivity contribution in [2.75, 3.05) is 13.2 Å². The van der Waals surface area contributed by atoms with E-state index in [4.69, 9.17) is 4.74 Å². The standard InChI is InChI=1S/C17H15F4NO3/c18-13-3-1-2-4-15(13)25-10-16(24)22-9-14(23)11-5-7-12(8-6-11)17(19,20)21/h1-8,14,23H,9-10H2,(H,22,24)/t14-/m0/s1. The number of rotatable bonds is 6. The molecule has 0 saturated heterocycles. The quantitative estimate of drug-likeness (QED) is 0.782. The summed E-state index contributed by atoms with van der Waals surface area (Å²) in [4.78, 5) is 11.6. The maximum Gasteiger partial charge on any atom is 0.416 e. The van der Waals surface area contributed by atoms with E-state index in [2.05, 4.69) is 5.32 Å². The van der Waals surface area contributed by atoms with Crippen molar-refractivity contribution in [3.8, 4) is 5.75 Å². The minimum absolute atomic E-state index is 0.0825. The molecule has 0 heterocycles. The number of hydrogen-bond acceptors (Lipinski definition) is 3. The van der Waals surface area contributed by atoms with Crippen LogP contribution in [-0.2, 0) is 11.0 Å². The Morgan fingerprint density at radius 2 is 1.76 bits per heavy atom. The van der Waals surface area contributed by atoms with Crippen molar-refractivity contribution in [3.63, 3.8) is 0 Å². The number of ether oxygens (including phenoxy) is 1. The first-order valence-corrected chi connectivity index (χ1v) is 7.26. The van der Waals surface area contributed by atoms with E-state index >= 15 is 0 Å². The summed E-state index contributed by atoms with van der Waals surface area (Å²) in [6.45, 7) is -0.675. The van der Waals surface area contributed by atoms with E-state index in [1.165, 1.54) is 18.2 Å². The fraction of sp³-hybridized carbons (Fsp3) is 0.235. The number of aliphatic hydroxyl groups is 1. The molecule has 0 aliphatic rings.